The van der Waals surface area contributed by atoms with Crippen LogP contribution in [0, 0.1) is 5.82 Å². The fourth-order valence-corrected chi connectivity index (χ4v) is 2.02. The van der Waals surface area contributed by atoms with Crippen LogP contribution in [-0.2, 0) is 0 Å². The van der Waals surface area contributed by atoms with Crippen LogP contribution in [0.15, 0.2) is 29.3 Å². The Morgan fingerprint density at radius 2 is 2.31 bits per heavy atom. The first-order chi connectivity index (χ1) is 7.61. The van der Waals surface area contributed by atoms with Crippen molar-refractivity contribution < 1.29 is 4.39 Å². The predicted molar refractivity (Wildman–Crippen MR) is 70.3 cm³/mol. The predicted octanol–water partition coefficient (Wildman–Crippen LogP) is 4.47. The zero-order valence-electron chi connectivity index (χ0n) is 9.06. The van der Waals surface area contributed by atoms with Crippen LogP contribution in [-0.4, -0.2) is 6.54 Å². The molecular weight excluding hydrogens is 292 g/mol. The molecule has 0 saturated carbocycles. The van der Waals surface area contributed by atoms with Crippen molar-refractivity contribution >= 4 is 27.5 Å². The van der Waals surface area contributed by atoms with E-state index in [2.05, 4.69) is 27.8 Å². The number of benzene rings is 1. The van der Waals surface area contributed by atoms with Gasteiger partial charge in [-0.2, -0.15) is 0 Å². The van der Waals surface area contributed by atoms with E-state index < -0.39 is 0 Å². The molecule has 0 aromatic heterocycles. The first kappa shape index (κ1) is 13.7. The van der Waals surface area contributed by atoms with Crippen molar-refractivity contribution in [1.82, 2.24) is 5.32 Å². The Kier molecular flexibility index (Phi) is 5.46. The summed E-state index contributed by atoms with van der Waals surface area (Å²) < 4.78 is 14.5. The van der Waals surface area contributed by atoms with Gasteiger partial charge in [-0.25, -0.2) is 4.39 Å². The van der Waals surface area contributed by atoms with E-state index in [0.29, 0.717) is 16.5 Å². The van der Waals surface area contributed by atoms with E-state index in [4.69, 9.17) is 11.6 Å². The van der Waals surface area contributed by atoms with Gasteiger partial charge in [0.25, 0.3) is 0 Å². The highest BCUT2D eigenvalue weighted by atomic mass is 79.9. The molecule has 0 bridgehead atoms. The second-order valence-electron chi connectivity index (χ2n) is 3.40. The van der Waals surface area contributed by atoms with Crippen LogP contribution in [0.5, 0.6) is 0 Å². The highest BCUT2D eigenvalue weighted by molar-refractivity contribution is 9.10. The number of rotatable bonds is 5. The number of halogens is 3. The molecule has 0 aliphatic carbocycles. The van der Waals surface area contributed by atoms with E-state index in [0.717, 1.165) is 6.54 Å². The topological polar surface area (TPSA) is 12.0 Å². The van der Waals surface area contributed by atoms with Gasteiger partial charge in [0.2, 0.25) is 0 Å². The van der Waals surface area contributed by atoms with Gasteiger partial charge in [0.15, 0.2) is 0 Å². The Morgan fingerprint density at radius 3 is 2.88 bits per heavy atom. The Bertz CT molecular complexity index is 382. The second kappa shape index (κ2) is 6.38. The van der Waals surface area contributed by atoms with Gasteiger partial charge in [-0.15, -0.1) is 6.58 Å². The number of hydrogen-bond donors (Lipinski definition) is 1. The zero-order chi connectivity index (χ0) is 12.1. The Morgan fingerprint density at radius 1 is 1.62 bits per heavy atom. The van der Waals surface area contributed by atoms with Crippen molar-refractivity contribution in [3.63, 3.8) is 0 Å². The molecule has 0 aliphatic heterocycles. The molecule has 1 atom stereocenters. The molecule has 0 heterocycles. The van der Waals surface area contributed by atoms with Crippen LogP contribution in [0.3, 0.4) is 0 Å². The molecule has 88 valence electrons. The minimum Gasteiger partial charge on any atom is -0.310 e. The molecular formula is C12H14BrClFN. The highest BCUT2D eigenvalue weighted by Crippen LogP contribution is 2.31. The molecule has 0 saturated heterocycles. The maximum atomic E-state index is 13.9. The molecule has 1 aromatic rings. The van der Waals surface area contributed by atoms with Crippen LogP contribution in [0.1, 0.15) is 24.9 Å². The second-order valence-corrected chi connectivity index (χ2v) is 4.63. The summed E-state index contributed by atoms with van der Waals surface area (Å²) in [5.41, 5.74) is 0.579. The van der Waals surface area contributed by atoms with E-state index in [1.54, 1.807) is 18.2 Å². The molecule has 1 unspecified atom stereocenters. The summed E-state index contributed by atoms with van der Waals surface area (Å²) in [6.07, 6.45) is 2.44. The Labute approximate surface area is 109 Å². The van der Waals surface area contributed by atoms with Crippen LogP contribution >= 0.6 is 27.5 Å². The molecule has 0 radical (unpaired) electrons. The van der Waals surface area contributed by atoms with E-state index >= 15 is 0 Å². The summed E-state index contributed by atoms with van der Waals surface area (Å²) in [7, 11) is 0. The minimum absolute atomic E-state index is 0.0758. The maximum absolute atomic E-state index is 13.9. The van der Waals surface area contributed by atoms with E-state index in [1.165, 1.54) is 0 Å². The molecule has 4 heteroatoms. The quantitative estimate of drug-likeness (QED) is 0.625. The lowest BCUT2D eigenvalue weighted by Crippen LogP contribution is -2.21. The third-order valence-electron chi connectivity index (χ3n) is 2.29. The summed E-state index contributed by atoms with van der Waals surface area (Å²) in [6, 6.07) is 3.42. The molecule has 1 N–H and O–H groups in total. The van der Waals surface area contributed by atoms with Gasteiger partial charge >= 0.3 is 0 Å². The third-order valence-corrected chi connectivity index (χ3v) is 3.55. The average Bonchev–Trinajstić information content (AvgIpc) is 2.26. The molecule has 0 aliphatic rings. The fourth-order valence-electron chi connectivity index (χ4n) is 1.54. The number of nitrogens with one attached hydrogen (secondary N) is 1. The van der Waals surface area contributed by atoms with Crippen molar-refractivity contribution in [2.45, 2.75) is 19.4 Å². The number of hydrogen-bond acceptors (Lipinski definition) is 1. The summed E-state index contributed by atoms with van der Waals surface area (Å²) in [5.74, 6) is -0.371. The van der Waals surface area contributed by atoms with Crippen LogP contribution < -0.4 is 5.32 Å². The summed E-state index contributed by atoms with van der Waals surface area (Å²) in [6.45, 7) is 6.42. The van der Waals surface area contributed by atoms with Crippen molar-refractivity contribution in [2.24, 2.45) is 0 Å². The van der Waals surface area contributed by atoms with Gasteiger partial charge in [-0.3, -0.25) is 0 Å². The van der Waals surface area contributed by atoms with Crippen LogP contribution in [0.4, 0.5) is 4.39 Å². The van der Waals surface area contributed by atoms with Crippen molar-refractivity contribution in [1.29, 1.82) is 0 Å². The fraction of sp³-hybridized carbons (Fsp3) is 0.333. The van der Waals surface area contributed by atoms with Crippen molar-refractivity contribution in [3.05, 3.63) is 45.7 Å². The van der Waals surface area contributed by atoms with Gasteiger partial charge in [-0.05, 0) is 35.0 Å². The summed E-state index contributed by atoms with van der Waals surface area (Å²) in [4.78, 5) is 0. The molecule has 1 aromatic carbocycles. The SMILES string of the molecule is C=CCC(NCC)c1ccc(Br)c(Cl)c1F. The van der Waals surface area contributed by atoms with Crippen molar-refractivity contribution in [3.8, 4) is 0 Å². The summed E-state index contributed by atoms with van der Waals surface area (Å²) in [5, 5.41) is 3.33. The Hall–Kier alpha value is -0.380. The molecule has 1 nitrogen and oxygen atoms in total. The zero-order valence-corrected chi connectivity index (χ0v) is 11.4. The van der Waals surface area contributed by atoms with Gasteiger partial charge in [0, 0.05) is 16.1 Å². The lowest BCUT2D eigenvalue weighted by atomic mass is 10.0. The normalized spacial score (nSPS) is 12.5. The van der Waals surface area contributed by atoms with Gasteiger partial charge < -0.3 is 5.32 Å². The van der Waals surface area contributed by atoms with E-state index in [-0.39, 0.29) is 16.9 Å². The summed E-state index contributed by atoms with van der Waals surface area (Å²) >= 11 is 9.05. The molecule has 0 amide bonds. The lowest BCUT2D eigenvalue weighted by Gasteiger charge is -2.18. The molecule has 16 heavy (non-hydrogen) atoms. The standard InChI is InChI=1S/C12H14BrClFN/c1-3-5-10(16-4-2)8-6-7-9(13)11(14)12(8)15/h3,6-7,10,16H,1,4-5H2,2H3. The monoisotopic (exact) mass is 305 g/mol. The molecule has 1 rings (SSSR count). The minimum atomic E-state index is -0.371. The molecule has 0 fully saturated rings. The van der Waals surface area contributed by atoms with E-state index in [9.17, 15) is 4.39 Å². The van der Waals surface area contributed by atoms with Gasteiger partial charge in [0.1, 0.15) is 5.82 Å². The highest BCUT2D eigenvalue weighted by Gasteiger charge is 2.17. The van der Waals surface area contributed by atoms with E-state index in [1.807, 2.05) is 6.92 Å². The smallest absolute Gasteiger partial charge is 0.147 e. The van der Waals surface area contributed by atoms with Crippen LogP contribution in [0.25, 0.3) is 0 Å². The van der Waals surface area contributed by atoms with Crippen molar-refractivity contribution in [2.75, 3.05) is 6.54 Å². The third kappa shape index (κ3) is 3.06. The lowest BCUT2D eigenvalue weighted by molar-refractivity contribution is 0.516. The molecule has 0 spiro atoms. The first-order valence-corrected chi connectivity index (χ1v) is 6.26. The largest absolute Gasteiger partial charge is 0.310 e. The van der Waals surface area contributed by atoms with Crippen LogP contribution in [0.2, 0.25) is 5.02 Å². The first-order valence-electron chi connectivity index (χ1n) is 5.09. The average molecular weight is 307 g/mol. The maximum Gasteiger partial charge on any atom is 0.147 e. The Balaban J connectivity index is 3.08. The van der Waals surface area contributed by atoms with Gasteiger partial charge in [0.05, 0.1) is 5.02 Å². The van der Waals surface area contributed by atoms with Gasteiger partial charge in [-0.1, -0.05) is 30.7 Å².